The van der Waals surface area contributed by atoms with Crippen LogP contribution in [0.1, 0.15) is 15.9 Å². The summed E-state index contributed by atoms with van der Waals surface area (Å²) in [5.41, 5.74) is 3.96. The number of para-hydroxylation sites is 2. The molecule has 11 nitrogen and oxygen atoms in total. The number of oxazole rings is 1. The number of rotatable bonds is 11. The maximum absolute atomic E-state index is 13.4. The van der Waals surface area contributed by atoms with Gasteiger partial charge >= 0.3 is 0 Å². The topological polar surface area (TPSA) is 156 Å². The number of hydrogen-bond donors (Lipinski definition) is 3. The van der Waals surface area contributed by atoms with Crippen LogP contribution in [0.2, 0.25) is 0 Å². The van der Waals surface area contributed by atoms with Gasteiger partial charge in [-0.25, -0.2) is 4.98 Å². The average Bonchev–Trinajstić information content (AvgIpc) is 3.56. The molecule has 0 bridgehead atoms. The number of anilines is 2. The van der Waals surface area contributed by atoms with E-state index in [9.17, 15) is 24.5 Å². The van der Waals surface area contributed by atoms with Crippen LogP contribution in [-0.4, -0.2) is 33.4 Å². The molecule has 3 amide bonds. The molecule has 12 heteroatoms. The fourth-order valence-corrected chi connectivity index (χ4v) is 5.46. The molecule has 0 radical (unpaired) electrons. The number of hydrogen-bond acceptors (Lipinski definition) is 8. The van der Waals surface area contributed by atoms with Gasteiger partial charge in [0.25, 0.3) is 17.5 Å². The van der Waals surface area contributed by atoms with E-state index in [1.807, 2.05) is 42.5 Å². The fourth-order valence-electron chi connectivity index (χ4n) is 4.70. The molecular weight excluding hydrogens is 643 g/mol. The van der Waals surface area contributed by atoms with Crippen molar-refractivity contribution in [3.8, 4) is 11.5 Å². The van der Waals surface area contributed by atoms with Crippen LogP contribution in [0, 0.1) is 10.1 Å². The predicted molar refractivity (Wildman–Crippen MR) is 189 cm³/mol. The van der Waals surface area contributed by atoms with Crippen LogP contribution in [0.25, 0.3) is 28.6 Å². The zero-order valence-corrected chi connectivity index (χ0v) is 26.5. The minimum absolute atomic E-state index is 0.0674. The second-order valence-corrected chi connectivity index (χ2v) is 11.7. The van der Waals surface area contributed by atoms with Gasteiger partial charge in [0.2, 0.25) is 11.8 Å². The number of non-ortho nitro benzene ring substituents is 1. The van der Waals surface area contributed by atoms with Crippen molar-refractivity contribution >= 4 is 63.7 Å². The first-order valence-electron chi connectivity index (χ1n) is 14.9. The van der Waals surface area contributed by atoms with Crippen molar-refractivity contribution < 1.29 is 23.7 Å². The van der Waals surface area contributed by atoms with Gasteiger partial charge in [0, 0.05) is 39.5 Å². The van der Waals surface area contributed by atoms with E-state index >= 15 is 0 Å². The Morgan fingerprint density at radius 3 is 2.27 bits per heavy atom. The normalized spacial score (nSPS) is 11.1. The molecule has 0 saturated carbocycles. The Morgan fingerprint density at radius 2 is 1.53 bits per heavy atom. The van der Waals surface area contributed by atoms with Crippen LogP contribution in [-0.2, 0) is 9.59 Å². The summed E-state index contributed by atoms with van der Waals surface area (Å²) in [5.74, 6) is -0.716. The Bertz CT molecular complexity index is 2150. The molecule has 49 heavy (non-hydrogen) atoms. The summed E-state index contributed by atoms with van der Waals surface area (Å²) in [4.78, 5) is 54.9. The van der Waals surface area contributed by atoms with Crippen molar-refractivity contribution in [1.82, 2.24) is 10.3 Å². The smallest absolute Gasteiger partial charge is 0.272 e. The van der Waals surface area contributed by atoms with E-state index in [0.29, 0.717) is 34.0 Å². The molecule has 5 aromatic carbocycles. The second kappa shape index (κ2) is 14.9. The van der Waals surface area contributed by atoms with Gasteiger partial charge in [-0.15, -0.1) is 11.8 Å². The number of carbonyl (C=O) groups excluding carboxylic acids is 3. The molecule has 1 aromatic heterocycles. The molecular formula is C37H27N5O6S. The first kappa shape index (κ1) is 32.4. The molecule has 0 aliphatic carbocycles. The van der Waals surface area contributed by atoms with Gasteiger partial charge in [-0.1, -0.05) is 36.4 Å². The highest BCUT2D eigenvalue weighted by Gasteiger charge is 2.16. The maximum atomic E-state index is 13.4. The van der Waals surface area contributed by atoms with Crippen molar-refractivity contribution in [1.29, 1.82) is 0 Å². The molecule has 3 N–H and O–H groups in total. The number of nitrogens with zero attached hydrogens (tertiary/aromatic N) is 2. The summed E-state index contributed by atoms with van der Waals surface area (Å²) in [6.45, 7) is 0. The number of benzene rings is 5. The van der Waals surface area contributed by atoms with E-state index in [0.717, 1.165) is 16.0 Å². The largest absolute Gasteiger partial charge is 0.436 e. The molecule has 0 spiro atoms. The highest BCUT2D eigenvalue weighted by atomic mass is 32.2. The number of thioether (sulfide) groups is 1. The van der Waals surface area contributed by atoms with Crippen molar-refractivity contribution in [2.75, 3.05) is 16.4 Å². The van der Waals surface area contributed by atoms with Gasteiger partial charge in [0.1, 0.15) is 11.2 Å². The van der Waals surface area contributed by atoms with Crippen LogP contribution in [0.3, 0.4) is 0 Å². The van der Waals surface area contributed by atoms with E-state index in [1.165, 1.54) is 42.1 Å². The zero-order chi connectivity index (χ0) is 34.2. The molecule has 242 valence electrons. The predicted octanol–water partition coefficient (Wildman–Crippen LogP) is 7.54. The highest BCUT2D eigenvalue weighted by Crippen LogP contribution is 2.26. The third-order valence-electron chi connectivity index (χ3n) is 7.12. The molecule has 0 fully saturated rings. The minimum atomic E-state index is -0.608. The third kappa shape index (κ3) is 8.44. The number of nitro benzene ring substituents is 1. The summed E-state index contributed by atoms with van der Waals surface area (Å²) in [7, 11) is 0. The first-order chi connectivity index (χ1) is 23.8. The van der Waals surface area contributed by atoms with Gasteiger partial charge in [0.05, 0.1) is 10.7 Å². The lowest BCUT2D eigenvalue weighted by Crippen LogP contribution is -2.30. The van der Waals surface area contributed by atoms with Crippen molar-refractivity contribution in [3.05, 3.63) is 154 Å². The number of aromatic nitrogens is 1. The SMILES string of the molecule is O=C(CSc1cccc(NC(=O)/C(=C\c2ccc([N+](=O)[O-])cc2)NC(=O)c2ccccc2)c1)Nc1ccc(-c2nc3ccccc3o2)cc1. The minimum Gasteiger partial charge on any atom is -0.436 e. The Morgan fingerprint density at radius 1 is 0.796 bits per heavy atom. The van der Waals surface area contributed by atoms with Crippen LogP contribution >= 0.6 is 11.8 Å². The fraction of sp³-hybridized carbons (Fsp3) is 0.0270. The van der Waals surface area contributed by atoms with Gasteiger partial charge < -0.3 is 20.4 Å². The van der Waals surface area contributed by atoms with E-state index < -0.39 is 16.7 Å². The Balaban J connectivity index is 1.08. The number of fused-ring (bicyclic) bond motifs is 1. The Labute approximate surface area is 284 Å². The van der Waals surface area contributed by atoms with Crippen LogP contribution in [0.5, 0.6) is 0 Å². The van der Waals surface area contributed by atoms with Gasteiger partial charge in [-0.2, -0.15) is 0 Å². The standard InChI is InChI=1S/C37H27N5O6S/c43-34(38-27-17-15-26(16-18-27)37-41-31-11-4-5-12-33(31)48-37)23-49-30-10-6-9-28(22-30)39-36(45)32(40-35(44)25-7-2-1-3-8-25)21-24-13-19-29(20-14-24)42(46)47/h1-22H,23H2,(H,38,43)(H,39,45)(H,40,44)/b32-21+. The lowest BCUT2D eigenvalue weighted by atomic mass is 10.1. The molecule has 6 aromatic rings. The second-order valence-electron chi connectivity index (χ2n) is 10.6. The highest BCUT2D eigenvalue weighted by molar-refractivity contribution is 8.00. The van der Waals surface area contributed by atoms with E-state index in [1.54, 1.807) is 60.7 Å². The zero-order valence-electron chi connectivity index (χ0n) is 25.7. The van der Waals surface area contributed by atoms with Crippen molar-refractivity contribution in [2.45, 2.75) is 4.90 Å². The monoisotopic (exact) mass is 669 g/mol. The summed E-state index contributed by atoms with van der Waals surface area (Å²) >= 11 is 1.29. The van der Waals surface area contributed by atoms with E-state index in [-0.39, 0.29) is 23.0 Å². The number of amides is 3. The number of nitrogens with one attached hydrogen (secondary N) is 3. The third-order valence-corrected chi connectivity index (χ3v) is 8.11. The molecule has 0 unspecified atom stereocenters. The van der Waals surface area contributed by atoms with Crippen LogP contribution < -0.4 is 16.0 Å². The quantitative estimate of drug-likeness (QED) is 0.0553. The van der Waals surface area contributed by atoms with E-state index in [4.69, 9.17) is 4.42 Å². The lowest BCUT2D eigenvalue weighted by Gasteiger charge is -2.12. The molecule has 0 aliphatic heterocycles. The Kier molecular flexibility index (Phi) is 9.87. The molecule has 1 heterocycles. The first-order valence-corrected chi connectivity index (χ1v) is 15.9. The van der Waals surface area contributed by atoms with Gasteiger partial charge in [-0.05, 0) is 90.5 Å². The molecule has 0 saturated heterocycles. The van der Waals surface area contributed by atoms with Crippen LogP contribution in [0.15, 0.2) is 142 Å². The Hall–Kier alpha value is -6.53. The lowest BCUT2D eigenvalue weighted by molar-refractivity contribution is -0.384. The average molecular weight is 670 g/mol. The number of nitro groups is 1. The number of carbonyl (C=O) groups is 3. The molecule has 6 rings (SSSR count). The van der Waals surface area contributed by atoms with E-state index in [2.05, 4.69) is 20.9 Å². The summed E-state index contributed by atoms with van der Waals surface area (Å²) in [6.07, 6.45) is 1.43. The van der Waals surface area contributed by atoms with Crippen LogP contribution in [0.4, 0.5) is 17.1 Å². The van der Waals surface area contributed by atoms with Gasteiger partial charge in [-0.3, -0.25) is 24.5 Å². The molecule has 0 aliphatic rings. The summed E-state index contributed by atoms with van der Waals surface area (Å²) < 4.78 is 5.81. The van der Waals surface area contributed by atoms with Crippen molar-refractivity contribution in [3.63, 3.8) is 0 Å². The summed E-state index contributed by atoms with van der Waals surface area (Å²) in [5, 5.41) is 19.4. The molecule has 0 atom stereocenters. The van der Waals surface area contributed by atoms with Crippen molar-refractivity contribution in [2.24, 2.45) is 0 Å². The maximum Gasteiger partial charge on any atom is 0.272 e. The summed E-state index contributed by atoms with van der Waals surface area (Å²) in [6, 6.07) is 35.7. The van der Waals surface area contributed by atoms with Gasteiger partial charge in [0.15, 0.2) is 5.58 Å².